The minimum absolute atomic E-state index is 0.153. The van der Waals surface area contributed by atoms with Crippen molar-refractivity contribution in [2.75, 3.05) is 5.32 Å². The van der Waals surface area contributed by atoms with Crippen molar-refractivity contribution in [1.82, 2.24) is 0 Å². The van der Waals surface area contributed by atoms with E-state index in [0.29, 0.717) is 28.5 Å². The Morgan fingerprint density at radius 2 is 1.80 bits per heavy atom. The molecule has 0 aliphatic heterocycles. The molecule has 2 aromatic rings. The monoisotopic (exact) mass is 273 g/mol. The van der Waals surface area contributed by atoms with Crippen LogP contribution in [-0.2, 0) is 4.79 Å². The number of anilines is 1. The van der Waals surface area contributed by atoms with Gasteiger partial charge in [0, 0.05) is 12.6 Å². The molecule has 2 rings (SSSR count). The van der Waals surface area contributed by atoms with Gasteiger partial charge in [0.05, 0.1) is 0 Å². The highest BCUT2D eigenvalue weighted by Crippen LogP contribution is 2.19. The molecule has 0 fully saturated rings. The lowest BCUT2D eigenvalue weighted by Crippen LogP contribution is -2.09. The van der Waals surface area contributed by atoms with Gasteiger partial charge in [0.2, 0.25) is 5.91 Å². The number of benzene rings is 1. The minimum Gasteiger partial charge on any atom is -0.466 e. The summed E-state index contributed by atoms with van der Waals surface area (Å²) in [6, 6.07) is 8.20. The zero-order valence-electron chi connectivity index (χ0n) is 11.5. The number of nitrogens with one attached hydrogen (secondary N) is 1. The van der Waals surface area contributed by atoms with Crippen molar-refractivity contribution in [3.8, 4) is 5.75 Å². The standard InChI is InChI=1S/C15H15NO4/c1-9-8-14(10(2)19-9)15(18)20-13-6-4-12(5-7-13)16-11(3)17/h4-8H,1-3H3,(H,16,17). The van der Waals surface area contributed by atoms with E-state index in [0.717, 1.165) is 0 Å². The summed E-state index contributed by atoms with van der Waals surface area (Å²) in [4.78, 5) is 22.9. The number of rotatable bonds is 3. The quantitative estimate of drug-likeness (QED) is 0.689. The molecule has 0 atom stereocenters. The number of ether oxygens (including phenoxy) is 1. The van der Waals surface area contributed by atoms with Gasteiger partial charge < -0.3 is 14.5 Å². The van der Waals surface area contributed by atoms with E-state index in [-0.39, 0.29) is 5.91 Å². The molecule has 0 radical (unpaired) electrons. The van der Waals surface area contributed by atoms with Crippen LogP contribution in [0.5, 0.6) is 5.75 Å². The van der Waals surface area contributed by atoms with E-state index in [4.69, 9.17) is 9.15 Å². The summed E-state index contributed by atoms with van der Waals surface area (Å²) in [6.07, 6.45) is 0. The second-order valence-corrected chi connectivity index (χ2v) is 4.42. The minimum atomic E-state index is -0.466. The molecule has 1 aromatic heterocycles. The van der Waals surface area contributed by atoms with E-state index >= 15 is 0 Å². The van der Waals surface area contributed by atoms with E-state index < -0.39 is 5.97 Å². The van der Waals surface area contributed by atoms with Gasteiger partial charge in [-0.1, -0.05) is 0 Å². The molecule has 1 amide bonds. The smallest absolute Gasteiger partial charge is 0.347 e. The molecule has 0 aliphatic carbocycles. The van der Waals surface area contributed by atoms with Gasteiger partial charge in [0.1, 0.15) is 22.8 Å². The van der Waals surface area contributed by atoms with E-state index in [9.17, 15) is 9.59 Å². The van der Waals surface area contributed by atoms with E-state index in [2.05, 4.69) is 5.32 Å². The number of hydrogen-bond donors (Lipinski definition) is 1. The van der Waals surface area contributed by atoms with Crippen molar-refractivity contribution >= 4 is 17.6 Å². The third kappa shape index (κ3) is 3.26. The molecule has 0 unspecified atom stereocenters. The van der Waals surface area contributed by atoms with Gasteiger partial charge in [-0.2, -0.15) is 0 Å². The first-order valence-electron chi connectivity index (χ1n) is 6.12. The summed E-state index contributed by atoms with van der Waals surface area (Å²) in [5.41, 5.74) is 1.06. The maximum Gasteiger partial charge on any atom is 0.347 e. The van der Waals surface area contributed by atoms with Crippen LogP contribution in [0.4, 0.5) is 5.69 Å². The third-order valence-corrected chi connectivity index (χ3v) is 2.65. The van der Waals surface area contributed by atoms with Crippen molar-refractivity contribution in [3.63, 3.8) is 0 Å². The third-order valence-electron chi connectivity index (χ3n) is 2.65. The summed E-state index contributed by atoms with van der Waals surface area (Å²) in [5.74, 6) is 0.978. The van der Waals surface area contributed by atoms with Gasteiger partial charge in [0.25, 0.3) is 0 Å². The van der Waals surface area contributed by atoms with Gasteiger partial charge in [-0.3, -0.25) is 4.79 Å². The number of aryl methyl sites for hydroxylation is 2. The SMILES string of the molecule is CC(=O)Nc1ccc(OC(=O)c2cc(C)oc2C)cc1. The summed E-state index contributed by atoms with van der Waals surface area (Å²) in [7, 11) is 0. The lowest BCUT2D eigenvalue weighted by atomic mass is 10.2. The summed E-state index contributed by atoms with van der Waals surface area (Å²) in [5, 5.41) is 2.64. The molecule has 0 saturated heterocycles. The Labute approximate surface area is 116 Å². The zero-order chi connectivity index (χ0) is 14.7. The normalized spacial score (nSPS) is 10.2. The number of carbonyl (C=O) groups excluding carboxylic acids is 2. The number of carbonyl (C=O) groups is 2. The Balaban J connectivity index is 2.08. The molecule has 0 saturated carbocycles. The van der Waals surface area contributed by atoms with Gasteiger partial charge in [-0.05, 0) is 44.2 Å². The second kappa shape index (κ2) is 5.61. The topological polar surface area (TPSA) is 68.5 Å². The van der Waals surface area contributed by atoms with Crippen LogP contribution in [0.2, 0.25) is 0 Å². The van der Waals surface area contributed by atoms with E-state index in [1.54, 1.807) is 44.2 Å². The largest absolute Gasteiger partial charge is 0.466 e. The van der Waals surface area contributed by atoms with Crippen LogP contribution in [-0.4, -0.2) is 11.9 Å². The van der Waals surface area contributed by atoms with Crippen LogP contribution >= 0.6 is 0 Å². The average molecular weight is 273 g/mol. The van der Waals surface area contributed by atoms with Crippen LogP contribution in [0.3, 0.4) is 0 Å². The molecular weight excluding hydrogens is 258 g/mol. The molecule has 0 aliphatic rings. The Morgan fingerprint density at radius 1 is 1.15 bits per heavy atom. The van der Waals surface area contributed by atoms with Crippen LogP contribution in [0.15, 0.2) is 34.7 Å². The highest BCUT2D eigenvalue weighted by Gasteiger charge is 2.15. The van der Waals surface area contributed by atoms with Crippen LogP contribution < -0.4 is 10.1 Å². The Hall–Kier alpha value is -2.56. The molecular formula is C15H15NO4. The molecule has 5 heteroatoms. The second-order valence-electron chi connectivity index (χ2n) is 4.42. The number of amides is 1. The number of esters is 1. The molecule has 1 N–H and O–H groups in total. The first-order chi connectivity index (χ1) is 9.45. The molecule has 20 heavy (non-hydrogen) atoms. The first kappa shape index (κ1) is 13.9. The summed E-state index contributed by atoms with van der Waals surface area (Å²) < 4.78 is 10.5. The number of hydrogen-bond acceptors (Lipinski definition) is 4. The van der Waals surface area contributed by atoms with Crippen molar-refractivity contribution < 1.29 is 18.7 Å². The molecule has 0 spiro atoms. The Kier molecular flexibility index (Phi) is 3.89. The first-order valence-corrected chi connectivity index (χ1v) is 6.12. The van der Waals surface area contributed by atoms with E-state index in [1.165, 1.54) is 6.92 Å². The summed E-state index contributed by atoms with van der Waals surface area (Å²) in [6.45, 7) is 4.91. The van der Waals surface area contributed by atoms with Crippen LogP contribution in [0.1, 0.15) is 28.8 Å². The van der Waals surface area contributed by atoms with Crippen LogP contribution in [0, 0.1) is 13.8 Å². The van der Waals surface area contributed by atoms with Gasteiger partial charge in [-0.25, -0.2) is 4.79 Å². The maximum atomic E-state index is 12.0. The summed E-state index contributed by atoms with van der Waals surface area (Å²) >= 11 is 0. The Morgan fingerprint density at radius 3 is 2.30 bits per heavy atom. The predicted octanol–water partition coefficient (Wildman–Crippen LogP) is 3.07. The molecule has 1 aromatic carbocycles. The van der Waals surface area contributed by atoms with Gasteiger partial charge >= 0.3 is 5.97 Å². The number of furan rings is 1. The molecule has 104 valence electrons. The lowest BCUT2D eigenvalue weighted by molar-refractivity contribution is -0.114. The highest BCUT2D eigenvalue weighted by molar-refractivity contribution is 5.92. The fraction of sp³-hybridized carbons (Fsp3) is 0.200. The Bertz CT molecular complexity index is 640. The zero-order valence-corrected chi connectivity index (χ0v) is 11.5. The fourth-order valence-electron chi connectivity index (χ4n) is 1.81. The lowest BCUT2D eigenvalue weighted by Gasteiger charge is -2.05. The van der Waals surface area contributed by atoms with Crippen molar-refractivity contribution in [3.05, 3.63) is 47.4 Å². The van der Waals surface area contributed by atoms with Crippen molar-refractivity contribution in [1.29, 1.82) is 0 Å². The van der Waals surface area contributed by atoms with Gasteiger partial charge in [0.15, 0.2) is 0 Å². The average Bonchev–Trinajstić information content (AvgIpc) is 2.70. The highest BCUT2D eigenvalue weighted by atomic mass is 16.5. The molecule has 0 bridgehead atoms. The fourth-order valence-corrected chi connectivity index (χ4v) is 1.81. The van der Waals surface area contributed by atoms with Crippen LogP contribution in [0.25, 0.3) is 0 Å². The molecule has 5 nitrogen and oxygen atoms in total. The van der Waals surface area contributed by atoms with Crippen molar-refractivity contribution in [2.24, 2.45) is 0 Å². The van der Waals surface area contributed by atoms with E-state index in [1.807, 2.05) is 0 Å². The predicted molar refractivity (Wildman–Crippen MR) is 73.9 cm³/mol. The van der Waals surface area contributed by atoms with Crippen molar-refractivity contribution in [2.45, 2.75) is 20.8 Å². The maximum absolute atomic E-state index is 12.0. The van der Waals surface area contributed by atoms with Gasteiger partial charge in [-0.15, -0.1) is 0 Å². The molecule has 1 heterocycles.